The van der Waals surface area contributed by atoms with Crippen molar-refractivity contribution in [1.29, 1.82) is 0 Å². The van der Waals surface area contributed by atoms with E-state index in [0.29, 0.717) is 0 Å². The number of benzene rings is 3. The Labute approximate surface area is 137 Å². The summed E-state index contributed by atoms with van der Waals surface area (Å²) in [6.07, 6.45) is 0. The zero-order valence-electron chi connectivity index (χ0n) is 13.5. The fourth-order valence-electron chi connectivity index (χ4n) is 3.09. The molecule has 0 radical (unpaired) electrons. The zero-order valence-corrected chi connectivity index (χ0v) is 13.5. The summed E-state index contributed by atoms with van der Waals surface area (Å²) in [5, 5.41) is 3.21. The standard InChI is InChI=1S/C21H21NO/c1-22-20-15-9-14-19(16-20)21(23-2,17-10-5-3-6-11-17)18-12-7-4-8-13-18/h3-16,22H,1-2H3. The quantitative estimate of drug-likeness (QED) is 0.692. The van der Waals surface area contributed by atoms with E-state index in [0.717, 1.165) is 22.4 Å². The lowest BCUT2D eigenvalue weighted by Crippen LogP contribution is -2.31. The summed E-state index contributed by atoms with van der Waals surface area (Å²) < 4.78 is 6.17. The van der Waals surface area contributed by atoms with Crippen molar-refractivity contribution < 1.29 is 4.74 Å². The van der Waals surface area contributed by atoms with E-state index in [1.54, 1.807) is 7.11 Å². The van der Waals surface area contributed by atoms with Crippen LogP contribution in [0.1, 0.15) is 16.7 Å². The summed E-state index contributed by atoms with van der Waals surface area (Å²) in [5.74, 6) is 0. The molecule has 0 aromatic heterocycles. The van der Waals surface area contributed by atoms with Gasteiger partial charge in [0.25, 0.3) is 0 Å². The second kappa shape index (κ2) is 6.67. The molecular weight excluding hydrogens is 282 g/mol. The normalized spacial score (nSPS) is 11.2. The van der Waals surface area contributed by atoms with Crippen molar-refractivity contribution in [3.8, 4) is 0 Å². The minimum atomic E-state index is -0.630. The van der Waals surface area contributed by atoms with Crippen LogP contribution in [-0.4, -0.2) is 14.2 Å². The van der Waals surface area contributed by atoms with Crippen molar-refractivity contribution in [1.82, 2.24) is 0 Å². The highest BCUT2D eigenvalue weighted by Crippen LogP contribution is 2.40. The molecule has 0 atom stereocenters. The van der Waals surface area contributed by atoms with Gasteiger partial charge in [-0.2, -0.15) is 0 Å². The zero-order chi connectivity index (χ0) is 16.1. The summed E-state index contributed by atoms with van der Waals surface area (Å²) in [6.45, 7) is 0. The molecule has 0 aliphatic carbocycles. The number of hydrogen-bond acceptors (Lipinski definition) is 2. The highest BCUT2D eigenvalue weighted by atomic mass is 16.5. The van der Waals surface area contributed by atoms with Crippen LogP contribution in [0.2, 0.25) is 0 Å². The molecule has 0 unspecified atom stereocenters. The topological polar surface area (TPSA) is 21.3 Å². The first-order valence-corrected chi connectivity index (χ1v) is 7.76. The Morgan fingerprint density at radius 1 is 0.696 bits per heavy atom. The van der Waals surface area contributed by atoms with E-state index in [1.165, 1.54) is 0 Å². The Hall–Kier alpha value is -2.58. The van der Waals surface area contributed by atoms with E-state index >= 15 is 0 Å². The Morgan fingerprint density at radius 2 is 1.22 bits per heavy atom. The third kappa shape index (κ3) is 2.73. The molecule has 0 fully saturated rings. The van der Waals surface area contributed by atoms with Crippen molar-refractivity contribution in [2.45, 2.75) is 5.60 Å². The number of rotatable bonds is 5. The Bertz CT molecular complexity index is 714. The number of hydrogen-bond donors (Lipinski definition) is 1. The van der Waals surface area contributed by atoms with Crippen molar-refractivity contribution in [2.75, 3.05) is 19.5 Å². The second-order valence-corrected chi connectivity index (χ2v) is 5.45. The highest BCUT2D eigenvalue weighted by Gasteiger charge is 2.36. The molecule has 3 aromatic carbocycles. The van der Waals surface area contributed by atoms with Gasteiger partial charge in [-0.1, -0.05) is 72.8 Å². The van der Waals surface area contributed by atoms with E-state index in [2.05, 4.69) is 53.8 Å². The fraction of sp³-hybridized carbons (Fsp3) is 0.143. The first-order valence-electron chi connectivity index (χ1n) is 7.76. The van der Waals surface area contributed by atoms with E-state index in [9.17, 15) is 0 Å². The van der Waals surface area contributed by atoms with Crippen LogP contribution >= 0.6 is 0 Å². The molecule has 0 heterocycles. The highest BCUT2D eigenvalue weighted by molar-refractivity contribution is 5.53. The van der Waals surface area contributed by atoms with Gasteiger partial charge in [0.15, 0.2) is 0 Å². The van der Waals surface area contributed by atoms with Gasteiger partial charge < -0.3 is 10.1 Å². The smallest absolute Gasteiger partial charge is 0.143 e. The summed E-state index contributed by atoms with van der Waals surface area (Å²) in [5.41, 5.74) is 3.76. The van der Waals surface area contributed by atoms with Gasteiger partial charge in [0, 0.05) is 19.8 Å². The monoisotopic (exact) mass is 303 g/mol. The molecule has 0 saturated heterocycles. The molecule has 0 aliphatic rings. The number of ether oxygens (including phenoxy) is 1. The molecule has 116 valence electrons. The van der Waals surface area contributed by atoms with Crippen LogP contribution in [0.15, 0.2) is 84.9 Å². The van der Waals surface area contributed by atoms with Crippen LogP contribution in [0.4, 0.5) is 5.69 Å². The number of methoxy groups -OCH3 is 1. The van der Waals surface area contributed by atoms with Gasteiger partial charge in [0.05, 0.1) is 0 Å². The minimum Gasteiger partial charge on any atom is -0.388 e. The molecule has 0 spiro atoms. The first kappa shape index (κ1) is 15.3. The molecule has 2 heteroatoms. The molecule has 0 bridgehead atoms. The summed E-state index contributed by atoms with van der Waals surface area (Å²) in [4.78, 5) is 0. The largest absolute Gasteiger partial charge is 0.388 e. The SMILES string of the molecule is CNc1cccc(C(OC)(c2ccccc2)c2ccccc2)c1. The van der Waals surface area contributed by atoms with Gasteiger partial charge in [0.2, 0.25) is 0 Å². The molecular formula is C21H21NO. The molecule has 3 aromatic rings. The lowest BCUT2D eigenvalue weighted by Gasteiger charge is -2.34. The van der Waals surface area contributed by atoms with Crippen molar-refractivity contribution in [3.63, 3.8) is 0 Å². The van der Waals surface area contributed by atoms with E-state index in [-0.39, 0.29) is 0 Å². The Morgan fingerprint density at radius 3 is 1.70 bits per heavy atom. The summed E-state index contributed by atoms with van der Waals surface area (Å²) in [6, 6.07) is 29.1. The molecule has 3 rings (SSSR count). The predicted octanol–water partition coefficient (Wildman–Crippen LogP) is 4.67. The molecule has 23 heavy (non-hydrogen) atoms. The van der Waals surface area contributed by atoms with Gasteiger partial charge in [-0.25, -0.2) is 0 Å². The number of nitrogens with one attached hydrogen (secondary N) is 1. The minimum absolute atomic E-state index is 0.630. The predicted molar refractivity (Wildman–Crippen MR) is 95.8 cm³/mol. The Balaban J connectivity index is 2.29. The van der Waals surface area contributed by atoms with Crippen LogP contribution in [0, 0.1) is 0 Å². The van der Waals surface area contributed by atoms with E-state index in [1.807, 2.05) is 43.4 Å². The van der Waals surface area contributed by atoms with Gasteiger partial charge in [-0.05, 0) is 28.8 Å². The molecule has 0 saturated carbocycles. The van der Waals surface area contributed by atoms with Gasteiger partial charge >= 0.3 is 0 Å². The lowest BCUT2D eigenvalue weighted by atomic mass is 9.80. The Kier molecular flexibility index (Phi) is 4.45. The molecule has 0 amide bonds. The van der Waals surface area contributed by atoms with Crippen LogP contribution in [0.3, 0.4) is 0 Å². The van der Waals surface area contributed by atoms with Gasteiger partial charge in [-0.3, -0.25) is 0 Å². The van der Waals surface area contributed by atoms with Crippen LogP contribution < -0.4 is 5.32 Å². The van der Waals surface area contributed by atoms with Gasteiger partial charge in [0.1, 0.15) is 5.60 Å². The van der Waals surface area contributed by atoms with Crippen molar-refractivity contribution in [3.05, 3.63) is 102 Å². The second-order valence-electron chi connectivity index (χ2n) is 5.45. The maximum atomic E-state index is 6.17. The first-order chi connectivity index (χ1) is 11.3. The van der Waals surface area contributed by atoms with E-state index in [4.69, 9.17) is 4.74 Å². The van der Waals surface area contributed by atoms with Crippen LogP contribution in [-0.2, 0) is 10.3 Å². The van der Waals surface area contributed by atoms with E-state index < -0.39 is 5.60 Å². The fourth-order valence-corrected chi connectivity index (χ4v) is 3.09. The molecule has 2 nitrogen and oxygen atoms in total. The third-order valence-corrected chi connectivity index (χ3v) is 4.22. The summed E-state index contributed by atoms with van der Waals surface area (Å²) >= 11 is 0. The van der Waals surface area contributed by atoms with Crippen molar-refractivity contribution >= 4 is 5.69 Å². The summed E-state index contributed by atoms with van der Waals surface area (Å²) in [7, 11) is 3.70. The third-order valence-electron chi connectivity index (χ3n) is 4.22. The van der Waals surface area contributed by atoms with Crippen LogP contribution in [0.5, 0.6) is 0 Å². The lowest BCUT2D eigenvalue weighted by molar-refractivity contribution is 0.0585. The van der Waals surface area contributed by atoms with Crippen LogP contribution in [0.25, 0.3) is 0 Å². The molecule has 1 N–H and O–H groups in total. The average molecular weight is 303 g/mol. The van der Waals surface area contributed by atoms with Crippen molar-refractivity contribution in [2.24, 2.45) is 0 Å². The van der Waals surface area contributed by atoms with Gasteiger partial charge in [-0.15, -0.1) is 0 Å². The molecule has 0 aliphatic heterocycles. The number of anilines is 1. The maximum absolute atomic E-state index is 6.17. The average Bonchev–Trinajstić information content (AvgIpc) is 2.65. The maximum Gasteiger partial charge on any atom is 0.143 e.